The fourth-order valence-corrected chi connectivity index (χ4v) is 6.79. The Labute approximate surface area is 116 Å². The van der Waals surface area contributed by atoms with Gasteiger partial charge in [-0.3, -0.25) is 0 Å². The van der Waals surface area contributed by atoms with E-state index in [1.807, 2.05) is 10.8 Å². The molecule has 2 aromatic carbocycles. The lowest BCUT2D eigenvalue weighted by atomic mass is 10.1. The van der Waals surface area contributed by atoms with Gasteiger partial charge in [0.25, 0.3) is 0 Å². The predicted octanol–water partition coefficient (Wildman–Crippen LogP) is 5.15. The van der Waals surface area contributed by atoms with Crippen molar-refractivity contribution in [2.45, 2.75) is 35.3 Å². The van der Waals surface area contributed by atoms with Crippen LogP contribution in [0, 0.1) is 0 Å². The van der Waals surface area contributed by atoms with E-state index < -0.39 is 0 Å². The van der Waals surface area contributed by atoms with E-state index in [4.69, 9.17) is 0 Å². The molecule has 3 rings (SSSR count). The second-order valence-corrected chi connectivity index (χ2v) is 9.77. The first-order valence-corrected chi connectivity index (χ1v) is 8.74. The highest BCUT2D eigenvalue weighted by Crippen LogP contribution is 2.51. The van der Waals surface area contributed by atoms with Gasteiger partial charge < -0.3 is 0 Å². The first-order chi connectivity index (χ1) is 8.57. The van der Waals surface area contributed by atoms with Gasteiger partial charge in [-0.05, 0) is 39.0 Å². The standard InChI is InChI=1S/C16H17S2/c1-16(2,3)18-15-11-7-5-9-13(15)12-8-4-6-10-14(12)17-18/h4-11H,1-3H3/q+1. The second-order valence-electron chi connectivity index (χ2n) is 5.46. The molecule has 0 radical (unpaired) electrons. The average molecular weight is 273 g/mol. The summed E-state index contributed by atoms with van der Waals surface area (Å²) in [6, 6.07) is 17.6. The third-order valence-corrected chi connectivity index (χ3v) is 8.64. The van der Waals surface area contributed by atoms with Crippen LogP contribution in [0.1, 0.15) is 20.8 Å². The van der Waals surface area contributed by atoms with Gasteiger partial charge in [0.1, 0.15) is 25.5 Å². The van der Waals surface area contributed by atoms with Gasteiger partial charge >= 0.3 is 0 Å². The van der Waals surface area contributed by atoms with E-state index in [0.717, 1.165) is 0 Å². The van der Waals surface area contributed by atoms with Crippen LogP contribution in [0.2, 0.25) is 0 Å². The average Bonchev–Trinajstić information content (AvgIpc) is 2.37. The number of hydrogen-bond donors (Lipinski definition) is 0. The summed E-state index contributed by atoms with van der Waals surface area (Å²) in [5.74, 6) is 0. The zero-order chi connectivity index (χ0) is 12.8. The Bertz CT molecular complexity index is 582. The molecule has 1 heterocycles. The maximum Gasteiger partial charge on any atom is 0.176 e. The molecule has 0 aromatic heterocycles. The molecule has 0 fully saturated rings. The molecule has 1 atom stereocenters. The molecule has 0 N–H and O–H groups in total. The highest BCUT2D eigenvalue weighted by atomic mass is 33.1. The molecule has 92 valence electrons. The molecule has 0 spiro atoms. The first kappa shape index (κ1) is 12.2. The summed E-state index contributed by atoms with van der Waals surface area (Å²) in [7, 11) is 2.25. The van der Waals surface area contributed by atoms with Crippen molar-refractivity contribution in [1.29, 1.82) is 0 Å². The minimum absolute atomic E-state index is 0.218. The van der Waals surface area contributed by atoms with Crippen molar-refractivity contribution in [3.8, 4) is 11.1 Å². The van der Waals surface area contributed by atoms with Crippen LogP contribution in [0.15, 0.2) is 58.3 Å². The summed E-state index contributed by atoms with van der Waals surface area (Å²) in [4.78, 5) is 2.93. The molecule has 0 nitrogen and oxygen atoms in total. The summed E-state index contributed by atoms with van der Waals surface area (Å²) in [5, 5.41) is 0. The van der Waals surface area contributed by atoms with Gasteiger partial charge in [-0.25, -0.2) is 0 Å². The largest absolute Gasteiger partial charge is 0.176 e. The van der Waals surface area contributed by atoms with Crippen molar-refractivity contribution in [2.24, 2.45) is 0 Å². The Morgan fingerprint density at radius 2 is 1.44 bits per heavy atom. The fourth-order valence-electron chi connectivity index (χ4n) is 2.20. The Morgan fingerprint density at radius 3 is 2.17 bits per heavy atom. The Hall–Kier alpha value is -0.860. The number of benzene rings is 2. The molecule has 0 saturated heterocycles. The van der Waals surface area contributed by atoms with Crippen molar-refractivity contribution in [3.63, 3.8) is 0 Å². The Kier molecular flexibility index (Phi) is 2.95. The van der Waals surface area contributed by atoms with E-state index in [2.05, 4.69) is 69.3 Å². The van der Waals surface area contributed by atoms with E-state index >= 15 is 0 Å². The number of rotatable bonds is 0. The SMILES string of the molecule is CC(C)(C)[S+]1Sc2ccccc2-c2ccccc21. The molecule has 0 amide bonds. The minimum atomic E-state index is 0.218. The summed E-state index contributed by atoms with van der Waals surface area (Å²) < 4.78 is 0.300. The highest BCUT2D eigenvalue weighted by molar-refractivity contribution is 8.74. The smallest absolute Gasteiger partial charge is 0.0616 e. The summed E-state index contributed by atoms with van der Waals surface area (Å²) in [6.07, 6.45) is 0. The van der Waals surface area contributed by atoms with Crippen LogP contribution in [-0.2, 0) is 9.93 Å². The quantitative estimate of drug-likeness (QED) is 0.472. The van der Waals surface area contributed by atoms with Crippen molar-refractivity contribution >= 4 is 20.7 Å². The van der Waals surface area contributed by atoms with Gasteiger partial charge in [0.05, 0.1) is 4.90 Å². The zero-order valence-corrected chi connectivity index (χ0v) is 12.6. The van der Waals surface area contributed by atoms with Gasteiger partial charge in [0, 0.05) is 11.1 Å². The van der Waals surface area contributed by atoms with E-state index in [1.165, 1.54) is 20.9 Å². The molecule has 0 bridgehead atoms. The molecule has 0 saturated carbocycles. The molecule has 18 heavy (non-hydrogen) atoms. The van der Waals surface area contributed by atoms with Gasteiger partial charge in [-0.2, -0.15) is 0 Å². The lowest BCUT2D eigenvalue weighted by Gasteiger charge is -2.25. The number of fused-ring (bicyclic) bond motifs is 3. The third kappa shape index (κ3) is 1.98. The van der Waals surface area contributed by atoms with Gasteiger partial charge in [0.2, 0.25) is 0 Å². The topological polar surface area (TPSA) is 0 Å². The zero-order valence-electron chi connectivity index (χ0n) is 10.9. The van der Waals surface area contributed by atoms with Crippen molar-refractivity contribution in [2.75, 3.05) is 0 Å². The molecular formula is C16H17S2+. The first-order valence-electron chi connectivity index (χ1n) is 6.18. The van der Waals surface area contributed by atoms with Crippen LogP contribution in [-0.4, -0.2) is 4.75 Å². The van der Waals surface area contributed by atoms with E-state index in [1.54, 1.807) is 0 Å². The molecule has 1 unspecified atom stereocenters. The fraction of sp³-hybridized carbons (Fsp3) is 0.250. The van der Waals surface area contributed by atoms with Gasteiger partial charge in [-0.15, -0.1) is 0 Å². The Balaban J connectivity index is 2.23. The number of hydrogen-bond acceptors (Lipinski definition) is 1. The maximum absolute atomic E-state index is 2.34. The van der Waals surface area contributed by atoms with Gasteiger partial charge in [0.15, 0.2) is 4.90 Å². The predicted molar refractivity (Wildman–Crippen MR) is 83.1 cm³/mol. The molecule has 0 aliphatic carbocycles. The van der Waals surface area contributed by atoms with E-state index in [9.17, 15) is 0 Å². The minimum Gasteiger partial charge on any atom is -0.0616 e. The van der Waals surface area contributed by atoms with Crippen LogP contribution in [0.4, 0.5) is 0 Å². The molecule has 2 aromatic rings. The van der Waals surface area contributed by atoms with E-state index in [-0.39, 0.29) is 9.93 Å². The highest BCUT2D eigenvalue weighted by Gasteiger charge is 2.44. The molecule has 1 aliphatic heterocycles. The monoisotopic (exact) mass is 273 g/mol. The normalized spacial score (nSPS) is 18.1. The molecular weight excluding hydrogens is 256 g/mol. The summed E-state index contributed by atoms with van der Waals surface area (Å²) in [5.41, 5.74) is 2.82. The van der Waals surface area contributed by atoms with Crippen LogP contribution in [0.3, 0.4) is 0 Å². The summed E-state index contributed by atoms with van der Waals surface area (Å²) in [6.45, 7) is 7.02. The second kappa shape index (κ2) is 4.36. The van der Waals surface area contributed by atoms with Crippen LogP contribution in [0.25, 0.3) is 11.1 Å². The van der Waals surface area contributed by atoms with Crippen LogP contribution < -0.4 is 0 Å². The van der Waals surface area contributed by atoms with Crippen LogP contribution >= 0.6 is 10.8 Å². The van der Waals surface area contributed by atoms with E-state index in [0.29, 0.717) is 4.75 Å². The van der Waals surface area contributed by atoms with Crippen molar-refractivity contribution < 1.29 is 0 Å². The molecule has 1 aliphatic rings. The molecule has 2 heteroatoms. The lowest BCUT2D eigenvalue weighted by molar-refractivity contribution is 0.797. The van der Waals surface area contributed by atoms with Crippen molar-refractivity contribution in [1.82, 2.24) is 0 Å². The third-order valence-electron chi connectivity index (χ3n) is 2.99. The Morgan fingerprint density at radius 1 is 0.833 bits per heavy atom. The maximum atomic E-state index is 2.34. The summed E-state index contributed by atoms with van der Waals surface area (Å²) >= 11 is 0. The lowest BCUT2D eigenvalue weighted by Crippen LogP contribution is -2.27. The van der Waals surface area contributed by atoms with Gasteiger partial charge in [-0.1, -0.05) is 30.3 Å². The van der Waals surface area contributed by atoms with Crippen molar-refractivity contribution in [3.05, 3.63) is 48.5 Å². The van der Waals surface area contributed by atoms with Crippen LogP contribution in [0.5, 0.6) is 0 Å².